The summed E-state index contributed by atoms with van der Waals surface area (Å²) in [5.41, 5.74) is 4.09. The minimum absolute atomic E-state index is 0.0533. The van der Waals surface area contributed by atoms with Crippen LogP contribution in [-0.2, 0) is 0 Å². The predicted octanol–water partition coefficient (Wildman–Crippen LogP) is 8.17. The van der Waals surface area contributed by atoms with Crippen LogP contribution in [-0.4, -0.2) is 11.2 Å². The van der Waals surface area contributed by atoms with Crippen LogP contribution in [0.4, 0.5) is 0 Å². The lowest BCUT2D eigenvalue weighted by atomic mass is 9.33. The summed E-state index contributed by atoms with van der Waals surface area (Å²) in [6.45, 7) is 20.4. The van der Waals surface area contributed by atoms with Crippen LogP contribution in [0.25, 0.3) is 0 Å². The first-order valence-corrected chi connectivity index (χ1v) is 13.6. The lowest BCUT2D eigenvalue weighted by Gasteiger charge is -2.71. The largest absolute Gasteiger partial charge is 0.393 e. The van der Waals surface area contributed by atoms with Crippen molar-refractivity contribution < 1.29 is 5.11 Å². The molecule has 5 aliphatic rings. The molecule has 0 aromatic heterocycles. The Hall–Kier alpha value is -0.300. The Morgan fingerprint density at radius 1 is 0.774 bits per heavy atom. The maximum absolute atomic E-state index is 10.9. The lowest BCUT2D eigenvalue weighted by Crippen LogP contribution is -2.64. The standard InChI is InChI=1S/C30H50O/c1-25(2)15-16-27(5)17-18-29(7)20(21(27)19-25)9-10-23-28(6)13-12-24(31)26(3,4)22(28)11-14-30(23,29)8/h9,21-24,31H,10-19H2,1-8H3/t21?,22-,23+,24?,27?,28?,29+,30?/m0/s1. The van der Waals surface area contributed by atoms with Crippen molar-refractivity contribution in [3.63, 3.8) is 0 Å². The van der Waals surface area contributed by atoms with E-state index in [2.05, 4.69) is 61.5 Å². The summed E-state index contributed by atoms with van der Waals surface area (Å²) in [6, 6.07) is 0. The first-order chi connectivity index (χ1) is 14.2. The third kappa shape index (κ3) is 2.77. The van der Waals surface area contributed by atoms with Crippen LogP contribution in [0.2, 0.25) is 0 Å². The van der Waals surface area contributed by atoms with Gasteiger partial charge in [-0.2, -0.15) is 0 Å². The smallest absolute Gasteiger partial charge is 0.0594 e. The van der Waals surface area contributed by atoms with Crippen molar-refractivity contribution in [1.29, 1.82) is 0 Å². The van der Waals surface area contributed by atoms with Crippen molar-refractivity contribution in [3.8, 4) is 0 Å². The molecule has 5 aliphatic carbocycles. The zero-order chi connectivity index (χ0) is 22.7. The van der Waals surface area contributed by atoms with E-state index in [9.17, 15) is 5.11 Å². The van der Waals surface area contributed by atoms with Gasteiger partial charge in [0.25, 0.3) is 0 Å². The van der Waals surface area contributed by atoms with E-state index in [1.165, 1.54) is 57.8 Å². The van der Waals surface area contributed by atoms with Gasteiger partial charge in [-0.3, -0.25) is 0 Å². The predicted molar refractivity (Wildman–Crippen MR) is 131 cm³/mol. The van der Waals surface area contributed by atoms with Crippen molar-refractivity contribution >= 4 is 0 Å². The van der Waals surface area contributed by atoms with Gasteiger partial charge < -0.3 is 5.11 Å². The molecule has 0 saturated heterocycles. The molecule has 176 valence electrons. The van der Waals surface area contributed by atoms with Crippen molar-refractivity contribution in [3.05, 3.63) is 11.6 Å². The molecular weight excluding hydrogens is 376 g/mol. The number of rotatable bonds is 0. The molecule has 0 spiro atoms. The highest BCUT2D eigenvalue weighted by Crippen LogP contribution is 2.75. The van der Waals surface area contributed by atoms with Crippen LogP contribution < -0.4 is 0 Å². The Labute approximate surface area is 192 Å². The van der Waals surface area contributed by atoms with E-state index >= 15 is 0 Å². The third-order valence-corrected chi connectivity index (χ3v) is 13.0. The van der Waals surface area contributed by atoms with E-state index in [1.807, 2.05) is 5.57 Å². The van der Waals surface area contributed by atoms with Crippen LogP contribution in [0.1, 0.15) is 120 Å². The quantitative estimate of drug-likeness (QED) is 0.387. The van der Waals surface area contributed by atoms with Crippen molar-refractivity contribution in [1.82, 2.24) is 0 Å². The number of allylic oxidation sites excluding steroid dienone is 2. The van der Waals surface area contributed by atoms with Gasteiger partial charge in [0.1, 0.15) is 0 Å². The second-order valence-electron chi connectivity index (χ2n) is 15.2. The number of hydrogen-bond acceptors (Lipinski definition) is 1. The van der Waals surface area contributed by atoms with E-state index in [0.717, 1.165) is 18.3 Å². The van der Waals surface area contributed by atoms with Gasteiger partial charge in [-0.1, -0.05) is 67.0 Å². The molecule has 5 rings (SSSR count). The number of hydrogen-bond donors (Lipinski definition) is 1. The summed E-state index contributed by atoms with van der Waals surface area (Å²) in [6.07, 6.45) is 15.9. The molecule has 0 heterocycles. The fraction of sp³-hybridized carbons (Fsp3) is 0.933. The summed E-state index contributed by atoms with van der Waals surface area (Å²) in [7, 11) is 0. The van der Waals surface area contributed by atoms with Crippen LogP contribution in [0.15, 0.2) is 11.6 Å². The molecule has 0 radical (unpaired) electrons. The normalized spacial score (nSPS) is 55.2. The molecule has 0 aliphatic heterocycles. The van der Waals surface area contributed by atoms with Gasteiger partial charge >= 0.3 is 0 Å². The molecule has 1 N–H and O–H groups in total. The van der Waals surface area contributed by atoms with Crippen LogP contribution >= 0.6 is 0 Å². The van der Waals surface area contributed by atoms with E-state index < -0.39 is 0 Å². The van der Waals surface area contributed by atoms with Gasteiger partial charge in [0.2, 0.25) is 0 Å². The lowest BCUT2D eigenvalue weighted by molar-refractivity contribution is -0.202. The SMILES string of the molecule is CC1(C)CCC2(C)CC[C@]3(C)C(=CC[C@@H]4C5(C)CCC(O)C(C)(C)[C@@H]5CCC43C)C2C1. The van der Waals surface area contributed by atoms with E-state index in [4.69, 9.17) is 0 Å². The van der Waals surface area contributed by atoms with Crippen LogP contribution in [0.5, 0.6) is 0 Å². The summed E-state index contributed by atoms with van der Waals surface area (Å²) in [4.78, 5) is 0. The molecule has 0 aromatic rings. The second kappa shape index (κ2) is 6.43. The van der Waals surface area contributed by atoms with E-state index in [-0.39, 0.29) is 11.5 Å². The monoisotopic (exact) mass is 426 g/mol. The topological polar surface area (TPSA) is 20.2 Å². The Morgan fingerprint density at radius 2 is 1.45 bits per heavy atom. The molecule has 5 unspecified atom stereocenters. The Bertz CT molecular complexity index is 790. The molecule has 0 amide bonds. The molecule has 4 saturated carbocycles. The average molecular weight is 427 g/mol. The minimum atomic E-state index is -0.125. The third-order valence-electron chi connectivity index (χ3n) is 13.0. The van der Waals surface area contributed by atoms with Gasteiger partial charge in [-0.15, -0.1) is 0 Å². The maximum atomic E-state index is 10.9. The minimum Gasteiger partial charge on any atom is -0.393 e. The van der Waals surface area contributed by atoms with Gasteiger partial charge in [-0.05, 0) is 114 Å². The summed E-state index contributed by atoms with van der Waals surface area (Å²) in [5, 5.41) is 10.9. The Kier molecular flexibility index (Phi) is 4.66. The molecule has 1 heteroatoms. The number of aliphatic hydroxyl groups excluding tert-OH is 1. The molecular formula is C30H50O. The van der Waals surface area contributed by atoms with Gasteiger partial charge in [0.15, 0.2) is 0 Å². The number of aliphatic hydroxyl groups is 1. The van der Waals surface area contributed by atoms with Crippen LogP contribution in [0, 0.1) is 50.2 Å². The first-order valence-electron chi connectivity index (χ1n) is 13.6. The first kappa shape index (κ1) is 22.5. The Morgan fingerprint density at radius 3 is 2.16 bits per heavy atom. The van der Waals surface area contributed by atoms with Crippen molar-refractivity contribution in [2.45, 2.75) is 126 Å². The fourth-order valence-electron chi connectivity index (χ4n) is 10.5. The Balaban J connectivity index is 1.57. The molecule has 0 aromatic carbocycles. The highest BCUT2D eigenvalue weighted by atomic mass is 16.3. The molecule has 4 fully saturated rings. The maximum Gasteiger partial charge on any atom is 0.0594 e. The zero-order valence-electron chi connectivity index (χ0n) is 21.9. The van der Waals surface area contributed by atoms with Gasteiger partial charge in [0.05, 0.1) is 6.10 Å². The van der Waals surface area contributed by atoms with Gasteiger partial charge in [0, 0.05) is 0 Å². The summed E-state index contributed by atoms with van der Waals surface area (Å²) in [5.74, 6) is 2.21. The van der Waals surface area contributed by atoms with Crippen molar-refractivity contribution in [2.75, 3.05) is 0 Å². The second-order valence-corrected chi connectivity index (χ2v) is 15.2. The number of fused-ring (bicyclic) bond motifs is 7. The average Bonchev–Trinajstić information content (AvgIpc) is 2.67. The molecule has 0 bridgehead atoms. The van der Waals surface area contributed by atoms with E-state index in [1.54, 1.807) is 0 Å². The highest BCUT2D eigenvalue weighted by molar-refractivity contribution is 5.33. The molecule has 1 nitrogen and oxygen atoms in total. The highest BCUT2D eigenvalue weighted by Gasteiger charge is 2.67. The summed E-state index contributed by atoms with van der Waals surface area (Å²) < 4.78 is 0. The fourth-order valence-corrected chi connectivity index (χ4v) is 10.5. The molecule has 8 atom stereocenters. The van der Waals surface area contributed by atoms with E-state index in [0.29, 0.717) is 33.0 Å². The van der Waals surface area contributed by atoms with Crippen LogP contribution in [0.3, 0.4) is 0 Å². The van der Waals surface area contributed by atoms with Crippen molar-refractivity contribution in [2.24, 2.45) is 50.2 Å². The molecule has 31 heavy (non-hydrogen) atoms. The zero-order valence-corrected chi connectivity index (χ0v) is 21.9. The van der Waals surface area contributed by atoms with Gasteiger partial charge in [-0.25, -0.2) is 0 Å². The summed E-state index contributed by atoms with van der Waals surface area (Å²) >= 11 is 0.